The molecule has 3 rings (SSSR count). The maximum Gasteiger partial charge on any atom is 0.0861 e. The molecule has 0 saturated carbocycles. The first-order chi connectivity index (χ1) is 10.3. The van der Waals surface area contributed by atoms with Crippen LogP contribution in [0.3, 0.4) is 0 Å². The molecule has 0 radical (unpaired) electrons. The Morgan fingerprint density at radius 2 is 1.95 bits per heavy atom. The number of nitrogens with one attached hydrogen (secondary N) is 1. The highest BCUT2D eigenvalue weighted by atomic mass is 35.5. The summed E-state index contributed by atoms with van der Waals surface area (Å²) in [4.78, 5) is 4.03. The zero-order chi connectivity index (χ0) is 14.7. The number of hydrogen-bond donors (Lipinski definition) is 1. The zero-order valence-electron chi connectivity index (χ0n) is 11.4. The third kappa shape index (κ3) is 2.66. The highest BCUT2D eigenvalue weighted by Gasteiger charge is 2.20. The Labute approximate surface area is 127 Å². The van der Waals surface area contributed by atoms with E-state index in [1.54, 1.807) is 23.3 Å². The standard InChI is InChI=1S/C15H14ClN5/c1-17-15(12-7-8-18-9-13(12)16)14-10-19-20-21(14)11-5-3-2-4-6-11/h2-10,15,17H,1H3. The van der Waals surface area contributed by atoms with Crippen LogP contribution in [0.2, 0.25) is 5.02 Å². The van der Waals surface area contributed by atoms with Crippen LogP contribution in [0.1, 0.15) is 17.3 Å². The first-order valence-corrected chi connectivity index (χ1v) is 6.91. The lowest BCUT2D eigenvalue weighted by atomic mass is 10.1. The molecule has 106 valence electrons. The fourth-order valence-corrected chi connectivity index (χ4v) is 2.52. The molecule has 0 spiro atoms. The van der Waals surface area contributed by atoms with Crippen LogP contribution in [0.15, 0.2) is 55.0 Å². The fourth-order valence-electron chi connectivity index (χ4n) is 2.29. The van der Waals surface area contributed by atoms with Crippen LogP contribution < -0.4 is 5.32 Å². The minimum absolute atomic E-state index is 0.115. The van der Waals surface area contributed by atoms with Crippen LogP contribution in [0, 0.1) is 0 Å². The van der Waals surface area contributed by atoms with E-state index in [1.165, 1.54) is 0 Å². The maximum atomic E-state index is 6.26. The predicted molar refractivity (Wildman–Crippen MR) is 81.5 cm³/mol. The maximum absolute atomic E-state index is 6.26. The van der Waals surface area contributed by atoms with Crippen molar-refractivity contribution in [2.24, 2.45) is 0 Å². The van der Waals surface area contributed by atoms with Gasteiger partial charge in [-0.3, -0.25) is 4.98 Å². The van der Waals surface area contributed by atoms with Gasteiger partial charge in [0.25, 0.3) is 0 Å². The van der Waals surface area contributed by atoms with Gasteiger partial charge in [-0.05, 0) is 30.8 Å². The van der Waals surface area contributed by atoms with Crippen molar-refractivity contribution in [2.75, 3.05) is 7.05 Å². The lowest BCUT2D eigenvalue weighted by molar-refractivity contribution is 0.633. The van der Waals surface area contributed by atoms with E-state index < -0.39 is 0 Å². The lowest BCUT2D eigenvalue weighted by Crippen LogP contribution is -2.21. The number of nitrogens with zero attached hydrogens (tertiary/aromatic N) is 4. The average Bonchev–Trinajstić information content (AvgIpc) is 3.00. The van der Waals surface area contributed by atoms with Crippen molar-refractivity contribution in [3.8, 4) is 5.69 Å². The van der Waals surface area contributed by atoms with Crippen LogP contribution in [0.5, 0.6) is 0 Å². The minimum Gasteiger partial charge on any atom is -0.308 e. The van der Waals surface area contributed by atoms with Gasteiger partial charge in [-0.15, -0.1) is 5.10 Å². The molecule has 1 atom stereocenters. The van der Waals surface area contributed by atoms with Crippen LogP contribution >= 0.6 is 11.6 Å². The number of para-hydroxylation sites is 1. The van der Waals surface area contributed by atoms with Gasteiger partial charge in [0.05, 0.1) is 28.6 Å². The quantitative estimate of drug-likeness (QED) is 0.804. The second-order valence-electron chi connectivity index (χ2n) is 4.53. The molecule has 0 bridgehead atoms. The molecule has 1 unspecified atom stereocenters. The van der Waals surface area contributed by atoms with Gasteiger partial charge < -0.3 is 5.32 Å². The molecule has 0 fully saturated rings. The van der Waals surface area contributed by atoms with Gasteiger partial charge in [-0.2, -0.15) is 0 Å². The van der Waals surface area contributed by atoms with E-state index in [0.717, 1.165) is 16.9 Å². The average molecular weight is 300 g/mol. The summed E-state index contributed by atoms with van der Waals surface area (Å²) in [6.45, 7) is 0. The Balaban J connectivity index is 2.08. The Morgan fingerprint density at radius 1 is 1.14 bits per heavy atom. The predicted octanol–water partition coefficient (Wildman–Crippen LogP) is 2.62. The monoisotopic (exact) mass is 299 g/mol. The summed E-state index contributed by atoms with van der Waals surface area (Å²) in [6, 6.07) is 11.7. The molecule has 0 aliphatic carbocycles. The Bertz CT molecular complexity index is 726. The molecular weight excluding hydrogens is 286 g/mol. The van der Waals surface area contributed by atoms with E-state index in [0.29, 0.717) is 5.02 Å². The Hall–Kier alpha value is -2.24. The number of benzene rings is 1. The molecule has 1 aromatic carbocycles. The van der Waals surface area contributed by atoms with Crippen LogP contribution in [0.4, 0.5) is 0 Å². The summed E-state index contributed by atoms with van der Waals surface area (Å²) in [5, 5.41) is 12.1. The van der Waals surface area contributed by atoms with Gasteiger partial charge in [0, 0.05) is 12.4 Å². The number of hydrogen-bond acceptors (Lipinski definition) is 4. The SMILES string of the molecule is CNC(c1ccncc1Cl)c1cnnn1-c1ccccc1. The summed E-state index contributed by atoms with van der Waals surface area (Å²) in [5.74, 6) is 0. The summed E-state index contributed by atoms with van der Waals surface area (Å²) in [6.07, 6.45) is 5.10. The molecule has 21 heavy (non-hydrogen) atoms. The summed E-state index contributed by atoms with van der Waals surface area (Å²) in [5.41, 5.74) is 2.81. The summed E-state index contributed by atoms with van der Waals surface area (Å²) >= 11 is 6.26. The second-order valence-corrected chi connectivity index (χ2v) is 4.93. The summed E-state index contributed by atoms with van der Waals surface area (Å²) in [7, 11) is 1.88. The van der Waals surface area contributed by atoms with Crippen molar-refractivity contribution < 1.29 is 0 Å². The van der Waals surface area contributed by atoms with Gasteiger partial charge in [-0.25, -0.2) is 4.68 Å². The molecule has 0 saturated heterocycles. The van der Waals surface area contributed by atoms with Gasteiger partial charge in [0.1, 0.15) is 0 Å². The number of halogens is 1. The van der Waals surface area contributed by atoms with Crippen LogP contribution in [0.25, 0.3) is 5.69 Å². The van der Waals surface area contributed by atoms with E-state index >= 15 is 0 Å². The molecule has 2 heterocycles. The van der Waals surface area contributed by atoms with Crippen LogP contribution in [-0.4, -0.2) is 27.0 Å². The molecule has 0 aliphatic rings. The Kier molecular flexibility index (Phi) is 3.94. The minimum atomic E-state index is -0.115. The molecule has 3 aromatic rings. The number of rotatable bonds is 4. The van der Waals surface area contributed by atoms with Gasteiger partial charge in [-0.1, -0.05) is 35.0 Å². The fraction of sp³-hybridized carbons (Fsp3) is 0.133. The largest absolute Gasteiger partial charge is 0.308 e. The smallest absolute Gasteiger partial charge is 0.0861 e. The topological polar surface area (TPSA) is 55.6 Å². The third-order valence-electron chi connectivity index (χ3n) is 3.28. The molecule has 2 aromatic heterocycles. The van der Waals surface area contributed by atoms with Gasteiger partial charge in [0.2, 0.25) is 0 Å². The van der Waals surface area contributed by atoms with E-state index in [1.807, 2.05) is 43.4 Å². The van der Waals surface area contributed by atoms with E-state index in [-0.39, 0.29) is 6.04 Å². The van der Waals surface area contributed by atoms with Gasteiger partial charge in [0.15, 0.2) is 0 Å². The third-order valence-corrected chi connectivity index (χ3v) is 3.59. The van der Waals surface area contributed by atoms with E-state index in [4.69, 9.17) is 11.6 Å². The molecule has 0 aliphatic heterocycles. The number of pyridine rings is 1. The van der Waals surface area contributed by atoms with Crippen molar-refractivity contribution in [3.05, 3.63) is 71.3 Å². The number of aromatic nitrogens is 4. The van der Waals surface area contributed by atoms with E-state index in [2.05, 4.69) is 20.6 Å². The normalized spacial score (nSPS) is 12.3. The van der Waals surface area contributed by atoms with Crippen molar-refractivity contribution in [1.29, 1.82) is 0 Å². The van der Waals surface area contributed by atoms with Crippen molar-refractivity contribution in [3.63, 3.8) is 0 Å². The van der Waals surface area contributed by atoms with Crippen molar-refractivity contribution >= 4 is 11.6 Å². The van der Waals surface area contributed by atoms with E-state index in [9.17, 15) is 0 Å². The molecule has 6 heteroatoms. The molecule has 1 N–H and O–H groups in total. The van der Waals surface area contributed by atoms with Crippen molar-refractivity contribution in [1.82, 2.24) is 25.3 Å². The Morgan fingerprint density at radius 3 is 2.67 bits per heavy atom. The van der Waals surface area contributed by atoms with Crippen LogP contribution in [-0.2, 0) is 0 Å². The summed E-state index contributed by atoms with van der Waals surface area (Å²) < 4.78 is 1.80. The van der Waals surface area contributed by atoms with Crippen molar-refractivity contribution in [2.45, 2.75) is 6.04 Å². The first-order valence-electron chi connectivity index (χ1n) is 6.54. The second kappa shape index (κ2) is 6.03. The molecule has 5 nitrogen and oxygen atoms in total. The highest BCUT2D eigenvalue weighted by molar-refractivity contribution is 6.31. The first kappa shape index (κ1) is 13.7. The molecule has 0 amide bonds. The highest BCUT2D eigenvalue weighted by Crippen LogP contribution is 2.27. The van der Waals surface area contributed by atoms with Gasteiger partial charge >= 0.3 is 0 Å². The zero-order valence-corrected chi connectivity index (χ0v) is 12.2. The molecular formula is C15H14ClN5. The lowest BCUT2D eigenvalue weighted by Gasteiger charge is -2.18.